The van der Waals surface area contributed by atoms with Crippen LogP contribution in [0.25, 0.3) is 27.6 Å². The Bertz CT molecular complexity index is 2000. The molecule has 270 valence electrons. The summed E-state index contributed by atoms with van der Waals surface area (Å²) in [6.45, 7) is 4.58. The Labute approximate surface area is 301 Å². The zero-order chi connectivity index (χ0) is 37.4. The van der Waals surface area contributed by atoms with Gasteiger partial charge in [0, 0.05) is 42.9 Å². The van der Waals surface area contributed by atoms with Gasteiger partial charge in [-0.1, -0.05) is 66.7 Å². The highest BCUT2D eigenvalue weighted by Crippen LogP contribution is 2.44. The summed E-state index contributed by atoms with van der Waals surface area (Å²) < 4.78 is 13.0. The summed E-state index contributed by atoms with van der Waals surface area (Å²) >= 11 is 0. The molecule has 3 aromatic carbocycles. The smallest absolute Gasteiger partial charge is 0.407 e. The molecule has 4 aromatic rings. The average Bonchev–Trinajstić information content (AvgIpc) is 3.60. The van der Waals surface area contributed by atoms with Crippen molar-refractivity contribution in [2.45, 2.75) is 63.6 Å². The number of amides is 3. The minimum atomic E-state index is -1.26. The van der Waals surface area contributed by atoms with Crippen LogP contribution in [0.4, 0.5) is 4.79 Å². The summed E-state index contributed by atoms with van der Waals surface area (Å²) in [5.74, 6) is -2.88. The number of ether oxygens (including phenoxy) is 2. The highest BCUT2D eigenvalue weighted by molar-refractivity contribution is 6.25. The molecule has 2 atom stereocenters. The normalized spacial score (nSPS) is 13.2. The van der Waals surface area contributed by atoms with Crippen LogP contribution in [0.1, 0.15) is 56.2 Å². The van der Waals surface area contributed by atoms with Gasteiger partial charge in [-0.3, -0.25) is 14.4 Å². The number of Topliss-reactive ketones (excluding diaryl/α,β-unsaturated/α-hetero) is 1. The van der Waals surface area contributed by atoms with Crippen molar-refractivity contribution in [2.24, 2.45) is 7.05 Å². The SMILES string of the molecule is Cn1cc(C[C@H](NC(=O)CNC(=O)OCC2c3ccccc3-c3ccccc32)C(=O)N[C@@H](CCC(=O)C=[N+]=[N-])C(=O)OC(C)(C)C)c2ccccc21. The molecule has 3 N–H and O–H groups in total. The third-order valence-electron chi connectivity index (χ3n) is 8.68. The summed E-state index contributed by atoms with van der Waals surface area (Å²) in [6.07, 6.45) is 1.43. The lowest BCUT2D eigenvalue weighted by Crippen LogP contribution is -2.54. The molecule has 1 aromatic heterocycles. The van der Waals surface area contributed by atoms with E-state index in [1.165, 1.54) is 0 Å². The van der Waals surface area contributed by atoms with Gasteiger partial charge in [0.05, 0.1) is 0 Å². The maximum absolute atomic E-state index is 13.9. The number of rotatable bonds is 14. The van der Waals surface area contributed by atoms with Crippen LogP contribution in [0, 0.1) is 0 Å². The molecular weight excluding hydrogens is 664 g/mol. The van der Waals surface area contributed by atoms with Gasteiger partial charge >= 0.3 is 18.3 Å². The summed E-state index contributed by atoms with van der Waals surface area (Å²) in [5, 5.41) is 8.67. The largest absolute Gasteiger partial charge is 0.458 e. The number of hydrogen-bond donors (Lipinski definition) is 3. The van der Waals surface area contributed by atoms with Crippen LogP contribution in [0.3, 0.4) is 0 Å². The molecule has 0 bridgehead atoms. The number of carbonyl (C=O) groups excluding carboxylic acids is 5. The fourth-order valence-electron chi connectivity index (χ4n) is 6.37. The predicted molar refractivity (Wildman–Crippen MR) is 193 cm³/mol. The number of benzene rings is 3. The first-order valence-corrected chi connectivity index (χ1v) is 17.0. The second-order valence-corrected chi connectivity index (χ2v) is 13.6. The van der Waals surface area contributed by atoms with Crippen molar-refractivity contribution in [2.75, 3.05) is 13.2 Å². The Morgan fingerprint density at radius 2 is 1.54 bits per heavy atom. The van der Waals surface area contributed by atoms with Crippen LogP contribution >= 0.6 is 0 Å². The number of nitrogens with one attached hydrogen (secondary N) is 3. The van der Waals surface area contributed by atoms with Gasteiger partial charge in [-0.05, 0) is 61.1 Å². The molecule has 5 rings (SSSR count). The van der Waals surface area contributed by atoms with Gasteiger partial charge in [-0.2, -0.15) is 4.79 Å². The molecule has 1 aliphatic carbocycles. The van der Waals surface area contributed by atoms with Crippen LogP contribution in [0.5, 0.6) is 0 Å². The van der Waals surface area contributed by atoms with E-state index in [1.54, 1.807) is 20.8 Å². The van der Waals surface area contributed by atoms with Crippen LogP contribution in [0.2, 0.25) is 0 Å². The highest BCUT2D eigenvalue weighted by atomic mass is 16.6. The van der Waals surface area contributed by atoms with Gasteiger partial charge in [0.25, 0.3) is 0 Å². The molecule has 0 radical (unpaired) electrons. The monoisotopic (exact) mass is 706 g/mol. The Morgan fingerprint density at radius 3 is 2.19 bits per heavy atom. The molecule has 1 heterocycles. The van der Waals surface area contributed by atoms with E-state index in [-0.39, 0.29) is 31.8 Å². The number of alkyl carbamates (subject to hydrolysis) is 1. The van der Waals surface area contributed by atoms with Crippen LogP contribution < -0.4 is 16.0 Å². The molecule has 13 heteroatoms. The maximum atomic E-state index is 13.9. The molecular formula is C39H42N6O7. The minimum Gasteiger partial charge on any atom is -0.458 e. The van der Waals surface area contributed by atoms with Crippen LogP contribution in [-0.4, -0.2) is 76.1 Å². The Kier molecular flexibility index (Phi) is 11.7. The third kappa shape index (κ3) is 9.18. The maximum Gasteiger partial charge on any atom is 0.407 e. The molecule has 0 spiro atoms. The summed E-state index contributed by atoms with van der Waals surface area (Å²) in [5.41, 5.74) is 13.8. The quantitative estimate of drug-likeness (QED) is 0.0760. The van der Waals surface area contributed by atoms with Crippen molar-refractivity contribution < 1.29 is 38.2 Å². The number of esters is 1. The number of aryl methyl sites for hydroxylation is 1. The number of para-hydroxylation sites is 1. The number of aromatic nitrogens is 1. The molecule has 1 aliphatic rings. The lowest BCUT2D eigenvalue weighted by Gasteiger charge is -2.26. The Morgan fingerprint density at radius 1 is 0.904 bits per heavy atom. The number of hydrogen-bond acceptors (Lipinski definition) is 7. The van der Waals surface area contributed by atoms with Gasteiger partial charge in [-0.15, -0.1) is 0 Å². The zero-order valence-electron chi connectivity index (χ0n) is 29.5. The predicted octanol–water partition coefficient (Wildman–Crippen LogP) is 4.22. The number of carbonyl (C=O) groups is 5. The van der Waals surface area contributed by atoms with E-state index in [1.807, 2.05) is 90.6 Å². The first-order valence-electron chi connectivity index (χ1n) is 17.0. The van der Waals surface area contributed by atoms with Crippen LogP contribution in [-0.2, 0) is 42.1 Å². The van der Waals surface area contributed by atoms with Crippen molar-refractivity contribution in [3.8, 4) is 11.1 Å². The summed E-state index contributed by atoms with van der Waals surface area (Å²) in [7, 11) is 1.86. The Balaban J connectivity index is 1.27. The first kappa shape index (κ1) is 37.2. The number of fused-ring (bicyclic) bond motifs is 4. The minimum absolute atomic E-state index is 0.0427. The van der Waals surface area contributed by atoms with Crippen LogP contribution in [0.15, 0.2) is 79.0 Å². The van der Waals surface area contributed by atoms with E-state index in [2.05, 4.69) is 20.7 Å². The summed E-state index contributed by atoms with van der Waals surface area (Å²) in [6, 6.07) is 21.0. The van der Waals surface area contributed by atoms with E-state index in [4.69, 9.17) is 15.0 Å². The first-order chi connectivity index (χ1) is 24.8. The summed E-state index contributed by atoms with van der Waals surface area (Å²) in [4.78, 5) is 67.8. The molecule has 0 aliphatic heterocycles. The second-order valence-electron chi connectivity index (χ2n) is 13.6. The van der Waals surface area contributed by atoms with Crippen molar-refractivity contribution in [3.05, 3.63) is 101 Å². The third-order valence-corrected chi connectivity index (χ3v) is 8.68. The second kappa shape index (κ2) is 16.3. The lowest BCUT2D eigenvalue weighted by atomic mass is 9.98. The molecule has 0 fully saturated rings. The fourth-order valence-corrected chi connectivity index (χ4v) is 6.37. The molecule has 0 unspecified atom stereocenters. The van der Waals surface area contributed by atoms with E-state index in [0.29, 0.717) is 6.21 Å². The molecule has 13 nitrogen and oxygen atoms in total. The fraction of sp³-hybridized carbons (Fsp3) is 0.333. The van der Waals surface area contributed by atoms with Gasteiger partial charge in [0.1, 0.15) is 30.8 Å². The molecule has 0 saturated heterocycles. The van der Waals surface area contributed by atoms with Crippen molar-refractivity contribution in [3.63, 3.8) is 0 Å². The van der Waals surface area contributed by atoms with E-state index in [9.17, 15) is 24.0 Å². The van der Waals surface area contributed by atoms with Gasteiger partial charge in [0.2, 0.25) is 17.6 Å². The molecule has 0 saturated carbocycles. The lowest BCUT2D eigenvalue weighted by molar-refractivity contribution is -0.159. The topological polar surface area (TPSA) is 181 Å². The molecule has 52 heavy (non-hydrogen) atoms. The van der Waals surface area contributed by atoms with E-state index < -0.39 is 53.9 Å². The highest BCUT2D eigenvalue weighted by Gasteiger charge is 2.32. The Hall–Kier alpha value is -6.07. The molecule has 3 amide bonds. The van der Waals surface area contributed by atoms with Crippen molar-refractivity contribution in [1.29, 1.82) is 0 Å². The van der Waals surface area contributed by atoms with Crippen molar-refractivity contribution in [1.82, 2.24) is 20.5 Å². The van der Waals surface area contributed by atoms with Crippen molar-refractivity contribution >= 4 is 46.8 Å². The van der Waals surface area contributed by atoms with Gasteiger partial charge in [0.15, 0.2) is 0 Å². The number of ketones is 1. The van der Waals surface area contributed by atoms with Gasteiger partial charge < -0.3 is 35.5 Å². The zero-order valence-corrected chi connectivity index (χ0v) is 29.5. The van der Waals surface area contributed by atoms with E-state index >= 15 is 0 Å². The number of nitrogens with zero attached hydrogens (tertiary/aromatic N) is 3. The standard InChI is InChI=1S/C39H42N6O7/c1-39(2,3)52-37(49)32(18-17-25(46)20-42-40)44-36(48)33(19-24-22-45(4)34-16-10-9-11-26(24)34)43-35(47)21-41-38(50)51-23-31-29-14-7-5-12-27(29)28-13-6-8-15-30(28)31/h5-16,20,22,31-33H,17-19,21,23H2,1-4H3,(H,41,50)(H,43,47)(H,44,48)/t32-,33-/m0/s1. The van der Waals surface area contributed by atoms with E-state index in [0.717, 1.165) is 38.7 Å². The average molecular weight is 707 g/mol. The van der Waals surface area contributed by atoms with Gasteiger partial charge in [-0.25, -0.2) is 9.59 Å².